The molecule has 1 fully saturated rings. The maximum atomic E-state index is 12.2. The smallest absolute Gasteiger partial charge is 0.410 e. The molecule has 0 aromatic rings. The monoisotopic (exact) mass is 256 g/mol. The van der Waals surface area contributed by atoms with Gasteiger partial charge in [-0.1, -0.05) is 0 Å². The highest BCUT2D eigenvalue weighted by molar-refractivity contribution is 5.68. The largest absolute Gasteiger partial charge is 0.444 e. The molecule has 1 heterocycles. The number of ether oxygens (including phenoxy) is 1. The second-order valence-corrected chi connectivity index (χ2v) is 6.44. The molecule has 1 rings (SSSR count). The van der Waals surface area contributed by atoms with Crippen LogP contribution in [-0.2, 0) is 4.74 Å². The zero-order chi connectivity index (χ0) is 13.8. The van der Waals surface area contributed by atoms with Crippen LogP contribution in [0.1, 0.15) is 47.5 Å². The second-order valence-electron chi connectivity index (χ2n) is 6.44. The molecule has 4 nitrogen and oxygen atoms in total. The highest BCUT2D eigenvalue weighted by Gasteiger charge is 2.27. The van der Waals surface area contributed by atoms with E-state index in [-0.39, 0.29) is 12.1 Å². The van der Waals surface area contributed by atoms with E-state index in [1.165, 1.54) is 12.8 Å². The summed E-state index contributed by atoms with van der Waals surface area (Å²) in [6.07, 6.45) is 2.20. The SMILES string of the molecule is CC(C)N(C[C@@H]1CCCNC1)C(=O)OC(C)(C)C. The van der Waals surface area contributed by atoms with Gasteiger partial charge < -0.3 is 15.0 Å². The Balaban J connectivity index is 2.55. The molecule has 0 bridgehead atoms. The van der Waals surface area contributed by atoms with Gasteiger partial charge in [0.1, 0.15) is 5.60 Å². The Hall–Kier alpha value is -0.770. The number of rotatable bonds is 3. The van der Waals surface area contributed by atoms with E-state index in [2.05, 4.69) is 5.32 Å². The van der Waals surface area contributed by atoms with Crippen LogP contribution in [-0.4, -0.2) is 42.3 Å². The minimum Gasteiger partial charge on any atom is -0.444 e. The lowest BCUT2D eigenvalue weighted by Crippen LogP contribution is -2.46. The summed E-state index contributed by atoms with van der Waals surface area (Å²) in [6, 6.07) is 0.182. The Kier molecular flexibility index (Phi) is 5.45. The number of hydrogen-bond acceptors (Lipinski definition) is 3. The lowest BCUT2D eigenvalue weighted by Gasteiger charge is -2.34. The number of carbonyl (C=O) groups excluding carboxylic acids is 1. The van der Waals surface area contributed by atoms with Gasteiger partial charge in [-0.2, -0.15) is 0 Å². The van der Waals surface area contributed by atoms with E-state index in [1.54, 1.807) is 0 Å². The van der Waals surface area contributed by atoms with Gasteiger partial charge >= 0.3 is 6.09 Å². The quantitative estimate of drug-likeness (QED) is 0.844. The van der Waals surface area contributed by atoms with Gasteiger partial charge in [-0.25, -0.2) is 4.79 Å². The molecule has 1 amide bonds. The van der Waals surface area contributed by atoms with E-state index in [1.807, 2.05) is 39.5 Å². The number of amides is 1. The van der Waals surface area contributed by atoms with Crippen molar-refractivity contribution in [2.75, 3.05) is 19.6 Å². The number of nitrogens with one attached hydrogen (secondary N) is 1. The van der Waals surface area contributed by atoms with E-state index in [9.17, 15) is 4.79 Å². The Bertz CT molecular complexity index is 265. The first-order chi connectivity index (χ1) is 8.29. The van der Waals surface area contributed by atoms with Crippen LogP contribution in [0, 0.1) is 5.92 Å². The Morgan fingerprint density at radius 3 is 2.56 bits per heavy atom. The van der Waals surface area contributed by atoms with Crippen LogP contribution in [0.2, 0.25) is 0 Å². The third-order valence-corrected chi connectivity index (χ3v) is 3.11. The molecular weight excluding hydrogens is 228 g/mol. The van der Waals surface area contributed by atoms with Crippen molar-refractivity contribution in [3.8, 4) is 0 Å². The van der Waals surface area contributed by atoms with Crippen LogP contribution in [0.25, 0.3) is 0 Å². The summed E-state index contributed by atoms with van der Waals surface area (Å²) in [5.41, 5.74) is -0.422. The summed E-state index contributed by atoms with van der Waals surface area (Å²) in [5, 5.41) is 3.39. The fourth-order valence-electron chi connectivity index (χ4n) is 2.17. The topological polar surface area (TPSA) is 41.6 Å². The molecule has 4 heteroatoms. The molecule has 0 radical (unpaired) electrons. The summed E-state index contributed by atoms with van der Waals surface area (Å²) in [7, 11) is 0. The highest BCUT2D eigenvalue weighted by atomic mass is 16.6. The van der Waals surface area contributed by atoms with Crippen LogP contribution in [0.3, 0.4) is 0 Å². The van der Waals surface area contributed by atoms with E-state index >= 15 is 0 Å². The molecule has 0 aliphatic carbocycles. The van der Waals surface area contributed by atoms with Crippen LogP contribution in [0.5, 0.6) is 0 Å². The molecule has 1 N–H and O–H groups in total. The third kappa shape index (κ3) is 5.25. The molecule has 106 valence electrons. The maximum absolute atomic E-state index is 12.2. The van der Waals surface area contributed by atoms with Gasteiger partial charge in [0.25, 0.3) is 0 Å². The van der Waals surface area contributed by atoms with Crippen molar-refractivity contribution in [3.05, 3.63) is 0 Å². The first-order valence-corrected chi connectivity index (χ1v) is 7.00. The fraction of sp³-hybridized carbons (Fsp3) is 0.929. The number of hydrogen-bond donors (Lipinski definition) is 1. The lowest BCUT2D eigenvalue weighted by molar-refractivity contribution is 0.0148. The molecule has 0 aromatic carbocycles. The first-order valence-electron chi connectivity index (χ1n) is 7.00. The molecule has 18 heavy (non-hydrogen) atoms. The summed E-state index contributed by atoms with van der Waals surface area (Å²) in [5.74, 6) is 0.550. The molecule has 1 aliphatic heterocycles. The van der Waals surface area contributed by atoms with Crippen LogP contribution < -0.4 is 5.32 Å². The highest BCUT2D eigenvalue weighted by Crippen LogP contribution is 2.17. The van der Waals surface area contributed by atoms with E-state index in [0.717, 1.165) is 19.6 Å². The predicted molar refractivity (Wildman–Crippen MR) is 73.7 cm³/mol. The average molecular weight is 256 g/mol. The van der Waals surface area contributed by atoms with Crippen molar-refractivity contribution < 1.29 is 9.53 Å². The first kappa shape index (κ1) is 15.3. The van der Waals surface area contributed by atoms with Crippen molar-refractivity contribution in [2.24, 2.45) is 5.92 Å². The van der Waals surface area contributed by atoms with Gasteiger partial charge in [0.05, 0.1) is 0 Å². The van der Waals surface area contributed by atoms with E-state index < -0.39 is 5.60 Å². The second kappa shape index (κ2) is 6.41. The number of carbonyl (C=O) groups is 1. The molecule has 1 saturated heterocycles. The van der Waals surface area contributed by atoms with Crippen molar-refractivity contribution in [1.29, 1.82) is 0 Å². The Morgan fingerprint density at radius 2 is 2.11 bits per heavy atom. The summed E-state index contributed by atoms with van der Waals surface area (Å²) in [4.78, 5) is 14.0. The van der Waals surface area contributed by atoms with Crippen LogP contribution >= 0.6 is 0 Å². The Morgan fingerprint density at radius 1 is 1.44 bits per heavy atom. The average Bonchev–Trinajstić information content (AvgIpc) is 2.24. The molecule has 0 unspecified atom stereocenters. The summed E-state index contributed by atoms with van der Waals surface area (Å²) < 4.78 is 5.47. The van der Waals surface area contributed by atoms with Crippen LogP contribution in [0.4, 0.5) is 4.79 Å². The normalized spacial score (nSPS) is 20.9. The van der Waals surface area contributed by atoms with Crippen molar-refractivity contribution in [1.82, 2.24) is 10.2 Å². The van der Waals surface area contributed by atoms with Gasteiger partial charge in [0.15, 0.2) is 0 Å². The van der Waals surface area contributed by atoms with Gasteiger partial charge in [-0.3, -0.25) is 0 Å². The van der Waals surface area contributed by atoms with Crippen molar-refractivity contribution in [3.63, 3.8) is 0 Å². The van der Waals surface area contributed by atoms with Crippen molar-refractivity contribution in [2.45, 2.75) is 59.1 Å². The molecular formula is C14H28N2O2. The molecule has 1 aliphatic rings. The predicted octanol–water partition coefficient (Wildman–Crippen LogP) is 2.63. The number of nitrogens with zero attached hydrogens (tertiary/aromatic N) is 1. The molecule has 1 atom stereocenters. The van der Waals surface area contributed by atoms with Crippen LogP contribution in [0.15, 0.2) is 0 Å². The maximum Gasteiger partial charge on any atom is 0.410 e. The Labute approximate surface area is 111 Å². The number of piperidine rings is 1. The zero-order valence-corrected chi connectivity index (χ0v) is 12.5. The van der Waals surface area contributed by atoms with Gasteiger partial charge in [-0.05, 0) is 66.5 Å². The zero-order valence-electron chi connectivity index (χ0n) is 12.5. The standard InChI is InChI=1S/C14H28N2O2/c1-11(2)16(13(17)18-14(3,4)5)10-12-7-6-8-15-9-12/h11-12,15H,6-10H2,1-5H3/t12-/m1/s1. The fourth-order valence-corrected chi connectivity index (χ4v) is 2.17. The minimum absolute atomic E-state index is 0.182. The van der Waals surface area contributed by atoms with Crippen molar-refractivity contribution >= 4 is 6.09 Å². The summed E-state index contributed by atoms with van der Waals surface area (Å²) >= 11 is 0. The van der Waals surface area contributed by atoms with E-state index in [4.69, 9.17) is 4.74 Å². The lowest BCUT2D eigenvalue weighted by atomic mass is 9.99. The van der Waals surface area contributed by atoms with Gasteiger partial charge in [0, 0.05) is 12.6 Å². The van der Waals surface area contributed by atoms with Gasteiger partial charge in [-0.15, -0.1) is 0 Å². The van der Waals surface area contributed by atoms with Gasteiger partial charge in [0.2, 0.25) is 0 Å². The molecule has 0 aromatic heterocycles. The minimum atomic E-state index is -0.422. The molecule has 0 saturated carbocycles. The summed E-state index contributed by atoms with van der Waals surface area (Å²) in [6.45, 7) is 12.7. The third-order valence-electron chi connectivity index (χ3n) is 3.11. The molecule has 0 spiro atoms. The van der Waals surface area contributed by atoms with E-state index in [0.29, 0.717) is 5.92 Å².